The molecule has 2 amide bonds. The number of hydrogen-bond donors (Lipinski definition) is 3. The number of nitrogens with zero attached hydrogens (tertiary/aromatic N) is 1. The van der Waals surface area contributed by atoms with Crippen LogP contribution < -0.4 is 16.0 Å². The minimum absolute atomic E-state index is 0.0754. The summed E-state index contributed by atoms with van der Waals surface area (Å²) in [7, 11) is 0. The second kappa shape index (κ2) is 5.70. The normalized spacial score (nSPS) is 16.6. The van der Waals surface area contributed by atoms with E-state index in [0.717, 1.165) is 0 Å². The number of carbonyl (C=O) groups is 3. The number of nitrogens with two attached hydrogens (primary N) is 1. The fraction of sp³-hybridized carbons (Fsp3) is 0.308. The number of benzene rings is 1. The number of carboxylic acids is 1. The van der Waals surface area contributed by atoms with Crippen molar-refractivity contribution >= 4 is 23.5 Å². The van der Waals surface area contributed by atoms with Gasteiger partial charge in [0.2, 0.25) is 11.8 Å². The quantitative estimate of drug-likeness (QED) is 0.672. The zero-order valence-corrected chi connectivity index (χ0v) is 10.7. The predicted octanol–water partition coefficient (Wildman–Crippen LogP) is -0.724. The van der Waals surface area contributed by atoms with E-state index in [1.165, 1.54) is 4.90 Å². The van der Waals surface area contributed by atoms with Crippen molar-refractivity contribution in [2.75, 3.05) is 24.5 Å². The number of aliphatic carboxylic acids is 1. The van der Waals surface area contributed by atoms with Crippen LogP contribution in [0, 0.1) is 0 Å². The van der Waals surface area contributed by atoms with Crippen LogP contribution in [0.5, 0.6) is 0 Å². The minimum Gasteiger partial charge on any atom is -0.481 e. The summed E-state index contributed by atoms with van der Waals surface area (Å²) < 4.78 is 0. The molecule has 1 aliphatic heterocycles. The smallest absolute Gasteiger partial charge is 0.312 e. The predicted molar refractivity (Wildman–Crippen MR) is 71.2 cm³/mol. The maximum Gasteiger partial charge on any atom is 0.312 e. The van der Waals surface area contributed by atoms with Crippen LogP contribution in [-0.4, -0.2) is 42.5 Å². The number of rotatable bonds is 4. The lowest BCUT2D eigenvalue weighted by molar-refractivity contribution is -0.138. The Bertz CT molecular complexity index is 558. The minimum atomic E-state index is -0.973. The molecule has 0 bridgehead atoms. The summed E-state index contributed by atoms with van der Waals surface area (Å²) in [6.45, 7) is -0.315. The van der Waals surface area contributed by atoms with Crippen molar-refractivity contribution in [1.82, 2.24) is 5.32 Å². The van der Waals surface area contributed by atoms with E-state index in [4.69, 9.17) is 5.73 Å². The van der Waals surface area contributed by atoms with Gasteiger partial charge < -0.3 is 21.1 Å². The number of carbonyl (C=O) groups excluding carboxylic acids is 2. The van der Waals surface area contributed by atoms with E-state index < -0.39 is 17.8 Å². The van der Waals surface area contributed by atoms with Crippen molar-refractivity contribution in [1.29, 1.82) is 0 Å². The Morgan fingerprint density at radius 3 is 2.70 bits per heavy atom. The first-order valence-corrected chi connectivity index (χ1v) is 6.13. The average Bonchev–Trinajstić information content (AvgIpc) is 2.84. The zero-order valence-electron chi connectivity index (χ0n) is 10.7. The van der Waals surface area contributed by atoms with Gasteiger partial charge in [0.25, 0.3) is 0 Å². The van der Waals surface area contributed by atoms with E-state index in [1.54, 1.807) is 24.3 Å². The summed E-state index contributed by atoms with van der Waals surface area (Å²) in [5.74, 6) is -2.50. The number of hydrogen-bond acceptors (Lipinski definition) is 4. The van der Waals surface area contributed by atoms with Crippen LogP contribution in [-0.2, 0) is 14.4 Å². The molecule has 106 valence electrons. The van der Waals surface area contributed by atoms with Crippen molar-refractivity contribution in [3.63, 3.8) is 0 Å². The summed E-state index contributed by atoms with van der Waals surface area (Å²) in [6.07, 6.45) is 0. The Kier molecular flexibility index (Phi) is 3.99. The molecule has 1 aliphatic rings. The number of fused-ring (bicyclic) bond motifs is 1. The summed E-state index contributed by atoms with van der Waals surface area (Å²) in [4.78, 5) is 35.7. The second-order valence-corrected chi connectivity index (χ2v) is 4.43. The fourth-order valence-corrected chi connectivity index (χ4v) is 2.20. The third kappa shape index (κ3) is 2.62. The van der Waals surface area contributed by atoms with Gasteiger partial charge in [-0.15, -0.1) is 0 Å². The second-order valence-electron chi connectivity index (χ2n) is 4.43. The van der Waals surface area contributed by atoms with Gasteiger partial charge in [-0.05, 0) is 11.6 Å². The molecule has 1 aromatic rings. The lowest BCUT2D eigenvalue weighted by atomic mass is 10.0. The molecule has 7 nitrogen and oxygen atoms in total. The highest BCUT2D eigenvalue weighted by atomic mass is 16.4. The van der Waals surface area contributed by atoms with Crippen LogP contribution >= 0.6 is 0 Å². The van der Waals surface area contributed by atoms with Gasteiger partial charge in [-0.3, -0.25) is 14.4 Å². The van der Waals surface area contributed by atoms with E-state index >= 15 is 0 Å². The molecule has 1 aromatic carbocycles. The maximum atomic E-state index is 12.1. The molecule has 0 saturated carbocycles. The number of para-hydroxylation sites is 1. The Hall–Kier alpha value is -2.41. The molecule has 2 rings (SSSR count). The van der Waals surface area contributed by atoms with Crippen LogP contribution in [0.15, 0.2) is 24.3 Å². The van der Waals surface area contributed by atoms with E-state index in [9.17, 15) is 19.5 Å². The molecule has 0 radical (unpaired) electrons. The Balaban J connectivity index is 2.16. The maximum absolute atomic E-state index is 12.1. The molecule has 0 aromatic heterocycles. The molecular formula is C13H15N3O4. The van der Waals surface area contributed by atoms with Gasteiger partial charge in [0, 0.05) is 12.2 Å². The number of anilines is 1. The zero-order chi connectivity index (χ0) is 14.7. The molecule has 1 heterocycles. The van der Waals surface area contributed by atoms with Gasteiger partial charge in [-0.1, -0.05) is 18.2 Å². The molecule has 1 atom stereocenters. The SMILES string of the molecule is NCC(=O)NCC(=O)N1CC(C(=O)O)c2ccccc21. The molecule has 20 heavy (non-hydrogen) atoms. The molecule has 4 N–H and O–H groups in total. The van der Waals surface area contributed by atoms with Gasteiger partial charge in [-0.25, -0.2) is 0 Å². The first-order chi connectivity index (χ1) is 9.54. The number of nitrogens with one attached hydrogen (secondary N) is 1. The first-order valence-electron chi connectivity index (χ1n) is 6.13. The number of amides is 2. The Morgan fingerprint density at radius 1 is 1.35 bits per heavy atom. The topological polar surface area (TPSA) is 113 Å². The van der Waals surface area contributed by atoms with Gasteiger partial charge in [0.15, 0.2) is 0 Å². The Morgan fingerprint density at radius 2 is 2.05 bits per heavy atom. The van der Waals surface area contributed by atoms with Crippen LogP contribution in [0.3, 0.4) is 0 Å². The highest BCUT2D eigenvalue weighted by molar-refractivity contribution is 6.01. The highest BCUT2D eigenvalue weighted by Gasteiger charge is 2.36. The average molecular weight is 277 g/mol. The van der Waals surface area contributed by atoms with Crippen molar-refractivity contribution in [2.24, 2.45) is 5.73 Å². The van der Waals surface area contributed by atoms with Crippen molar-refractivity contribution in [2.45, 2.75) is 5.92 Å². The Labute approximate surface area is 115 Å². The fourth-order valence-electron chi connectivity index (χ4n) is 2.20. The lowest BCUT2D eigenvalue weighted by Crippen LogP contribution is -2.42. The van der Waals surface area contributed by atoms with Crippen LogP contribution in [0.2, 0.25) is 0 Å². The van der Waals surface area contributed by atoms with Crippen molar-refractivity contribution in [3.05, 3.63) is 29.8 Å². The molecule has 0 aliphatic carbocycles. The van der Waals surface area contributed by atoms with Gasteiger partial charge in [0.05, 0.1) is 13.1 Å². The summed E-state index contributed by atoms with van der Waals surface area (Å²) in [5, 5.41) is 11.6. The van der Waals surface area contributed by atoms with E-state index in [2.05, 4.69) is 5.32 Å². The number of carboxylic acid groups (broad SMARTS) is 1. The first kappa shape index (κ1) is 14.0. The third-order valence-corrected chi connectivity index (χ3v) is 3.19. The molecule has 0 saturated heterocycles. The standard InChI is InChI=1S/C13H15N3O4/c14-5-11(17)15-6-12(18)16-7-9(13(19)20)8-3-1-2-4-10(8)16/h1-4,9H,5-7,14H2,(H,15,17)(H,19,20). The highest BCUT2D eigenvalue weighted by Crippen LogP contribution is 2.36. The lowest BCUT2D eigenvalue weighted by Gasteiger charge is -2.17. The van der Waals surface area contributed by atoms with E-state index in [-0.39, 0.29) is 25.5 Å². The van der Waals surface area contributed by atoms with Crippen LogP contribution in [0.4, 0.5) is 5.69 Å². The molecular weight excluding hydrogens is 262 g/mol. The van der Waals surface area contributed by atoms with E-state index in [0.29, 0.717) is 11.3 Å². The molecule has 0 fully saturated rings. The van der Waals surface area contributed by atoms with Gasteiger partial charge in [-0.2, -0.15) is 0 Å². The van der Waals surface area contributed by atoms with E-state index in [1.807, 2.05) is 0 Å². The largest absolute Gasteiger partial charge is 0.481 e. The summed E-state index contributed by atoms with van der Waals surface area (Å²) >= 11 is 0. The van der Waals surface area contributed by atoms with Gasteiger partial charge in [0.1, 0.15) is 5.92 Å². The third-order valence-electron chi connectivity index (χ3n) is 3.19. The molecule has 7 heteroatoms. The molecule has 0 spiro atoms. The van der Waals surface area contributed by atoms with Crippen molar-refractivity contribution in [3.8, 4) is 0 Å². The van der Waals surface area contributed by atoms with Crippen molar-refractivity contribution < 1.29 is 19.5 Å². The summed E-state index contributed by atoms with van der Waals surface area (Å²) in [5.41, 5.74) is 6.32. The van der Waals surface area contributed by atoms with Gasteiger partial charge >= 0.3 is 5.97 Å². The van der Waals surface area contributed by atoms with Crippen LogP contribution in [0.1, 0.15) is 11.5 Å². The monoisotopic (exact) mass is 277 g/mol. The van der Waals surface area contributed by atoms with Crippen LogP contribution in [0.25, 0.3) is 0 Å². The molecule has 1 unspecified atom stereocenters. The summed E-state index contributed by atoms with van der Waals surface area (Å²) in [6, 6.07) is 6.86.